The van der Waals surface area contributed by atoms with Crippen LogP contribution in [0, 0.1) is 0 Å². The summed E-state index contributed by atoms with van der Waals surface area (Å²) in [5, 5.41) is -0.393. The maximum absolute atomic E-state index is 11.5. The van der Waals surface area contributed by atoms with Gasteiger partial charge in [-0.3, -0.25) is 24.1 Å². The molecule has 1 aliphatic rings. The van der Waals surface area contributed by atoms with Crippen LogP contribution >= 0.6 is 11.8 Å². The Kier molecular flexibility index (Phi) is 5.84. The summed E-state index contributed by atoms with van der Waals surface area (Å²) >= 11 is 1.03. The maximum atomic E-state index is 11.5. The van der Waals surface area contributed by atoms with E-state index in [-0.39, 0.29) is 44.1 Å². The number of esters is 1. The van der Waals surface area contributed by atoms with Crippen LogP contribution in [-0.4, -0.2) is 46.7 Å². The van der Waals surface area contributed by atoms with Crippen LogP contribution in [-0.2, 0) is 19.1 Å². The van der Waals surface area contributed by atoms with Crippen LogP contribution in [0.2, 0.25) is 0 Å². The van der Waals surface area contributed by atoms with E-state index in [1.807, 2.05) is 0 Å². The smallest absolute Gasteiger partial charge is 0.306 e. The predicted molar refractivity (Wildman–Crippen MR) is 65.1 cm³/mol. The molecule has 7 heteroatoms. The Morgan fingerprint density at radius 3 is 2.67 bits per heavy atom. The van der Waals surface area contributed by atoms with E-state index in [4.69, 9.17) is 0 Å². The molecule has 1 heterocycles. The molecule has 0 bridgehead atoms. The molecule has 0 aliphatic carbocycles. The van der Waals surface area contributed by atoms with Crippen molar-refractivity contribution in [3.05, 3.63) is 0 Å². The van der Waals surface area contributed by atoms with Gasteiger partial charge in [-0.05, 0) is 6.92 Å². The average Bonchev–Trinajstić information content (AvgIpc) is 2.32. The van der Waals surface area contributed by atoms with E-state index in [0.29, 0.717) is 5.75 Å². The highest BCUT2D eigenvalue weighted by molar-refractivity contribution is 8.13. The molecule has 6 nitrogen and oxygen atoms in total. The molecular formula is C11H15NO5S. The number of hydrogen-bond donors (Lipinski definition) is 0. The molecule has 0 aromatic carbocycles. The zero-order chi connectivity index (χ0) is 13.5. The lowest BCUT2D eigenvalue weighted by Gasteiger charge is -2.23. The van der Waals surface area contributed by atoms with E-state index in [0.717, 1.165) is 16.7 Å². The second-order valence-electron chi connectivity index (χ2n) is 3.69. The largest absolute Gasteiger partial charge is 0.466 e. The number of carbonyl (C=O) groups excluding carboxylic acids is 4. The highest BCUT2D eigenvalue weighted by Gasteiger charge is 2.28. The van der Waals surface area contributed by atoms with Gasteiger partial charge in [-0.25, -0.2) is 0 Å². The van der Waals surface area contributed by atoms with E-state index in [9.17, 15) is 19.2 Å². The highest BCUT2D eigenvalue weighted by Crippen LogP contribution is 2.18. The first-order valence-electron chi connectivity index (χ1n) is 5.69. The van der Waals surface area contributed by atoms with Crippen LogP contribution in [0.1, 0.15) is 26.2 Å². The molecule has 1 fully saturated rings. The van der Waals surface area contributed by atoms with Crippen molar-refractivity contribution in [2.45, 2.75) is 26.2 Å². The summed E-state index contributed by atoms with van der Waals surface area (Å²) in [5.41, 5.74) is 0. The first-order chi connectivity index (χ1) is 8.54. The van der Waals surface area contributed by atoms with Crippen molar-refractivity contribution in [2.24, 2.45) is 0 Å². The Morgan fingerprint density at radius 1 is 1.33 bits per heavy atom. The number of amides is 2. The van der Waals surface area contributed by atoms with Crippen molar-refractivity contribution >= 4 is 34.7 Å². The van der Waals surface area contributed by atoms with Gasteiger partial charge in [-0.2, -0.15) is 0 Å². The Bertz CT molecular complexity index is 352. The molecule has 0 radical (unpaired) electrons. The molecule has 0 unspecified atom stereocenters. The summed E-state index contributed by atoms with van der Waals surface area (Å²) in [6, 6.07) is 0. The zero-order valence-electron chi connectivity index (χ0n) is 10.1. The standard InChI is InChI=1S/C11H15NO5S/c1-2-17-10(15)4-3-8(13)7-12-9(14)5-6-18-11(12)16/h2-7H2,1H3. The SMILES string of the molecule is CCOC(=O)CCC(=O)CN1C(=O)CCSC1=O. The predicted octanol–water partition coefficient (Wildman–Crippen LogP) is 0.984. The summed E-state index contributed by atoms with van der Waals surface area (Å²) in [5.74, 6) is -0.627. The lowest BCUT2D eigenvalue weighted by molar-refractivity contribution is -0.144. The average molecular weight is 273 g/mol. The minimum Gasteiger partial charge on any atom is -0.466 e. The Hall–Kier alpha value is -1.37. The molecule has 2 amide bonds. The van der Waals surface area contributed by atoms with Crippen molar-refractivity contribution in [1.82, 2.24) is 4.90 Å². The summed E-state index contributed by atoms with van der Waals surface area (Å²) < 4.78 is 4.68. The number of Topliss-reactive ketones (excluding diaryl/α,β-unsaturated/α-hetero) is 1. The Morgan fingerprint density at radius 2 is 2.06 bits per heavy atom. The molecule has 1 aliphatic heterocycles. The number of ether oxygens (including phenoxy) is 1. The number of imide groups is 1. The summed E-state index contributed by atoms with van der Waals surface area (Å²) in [7, 11) is 0. The van der Waals surface area contributed by atoms with Crippen molar-refractivity contribution < 1.29 is 23.9 Å². The molecule has 18 heavy (non-hydrogen) atoms. The third kappa shape index (κ3) is 4.48. The Balaban J connectivity index is 2.37. The molecular weight excluding hydrogens is 258 g/mol. The molecule has 1 rings (SSSR count). The van der Waals surface area contributed by atoms with Crippen LogP contribution in [0.15, 0.2) is 0 Å². The monoisotopic (exact) mass is 273 g/mol. The van der Waals surface area contributed by atoms with Crippen LogP contribution in [0.4, 0.5) is 4.79 Å². The molecule has 0 aromatic heterocycles. The summed E-state index contributed by atoms with van der Waals surface area (Å²) in [4.78, 5) is 46.4. The van der Waals surface area contributed by atoms with Gasteiger partial charge in [0.1, 0.15) is 0 Å². The minimum absolute atomic E-state index is 0.0133. The van der Waals surface area contributed by atoms with Gasteiger partial charge >= 0.3 is 5.97 Å². The molecule has 100 valence electrons. The van der Waals surface area contributed by atoms with Crippen molar-refractivity contribution in [2.75, 3.05) is 18.9 Å². The van der Waals surface area contributed by atoms with Crippen molar-refractivity contribution in [1.29, 1.82) is 0 Å². The topological polar surface area (TPSA) is 80.8 Å². The fourth-order valence-electron chi connectivity index (χ4n) is 1.42. The second-order valence-corrected chi connectivity index (χ2v) is 4.73. The Labute approximate surface area is 109 Å². The molecule has 0 saturated carbocycles. The van der Waals surface area contributed by atoms with Gasteiger partial charge in [0.05, 0.1) is 19.6 Å². The van der Waals surface area contributed by atoms with Crippen LogP contribution < -0.4 is 0 Å². The fraction of sp³-hybridized carbons (Fsp3) is 0.636. The van der Waals surface area contributed by atoms with E-state index in [1.165, 1.54) is 0 Å². The highest BCUT2D eigenvalue weighted by atomic mass is 32.2. The van der Waals surface area contributed by atoms with Gasteiger partial charge in [0.25, 0.3) is 5.24 Å². The lowest BCUT2D eigenvalue weighted by atomic mass is 10.2. The van der Waals surface area contributed by atoms with Gasteiger partial charge in [0, 0.05) is 18.6 Å². The molecule has 0 spiro atoms. The normalized spacial score (nSPS) is 15.7. The lowest BCUT2D eigenvalue weighted by Crippen LogP contribution is -2.41. The van der Waals surface area contributed by atoms with Gasteiger partial charge < -0.3 is 4.74 Å². The van der Waals surface area contributed by atoms with Crippen LogP contribution in [0.25, 0.3) is 0 Å². The minimum atomic E-state index is -0.448. The third-order valence-corrected chi connectivity index (χ3v) is 3.19. The van der Waals surface area contributed by atoms with Gasteiger partial charge in [0.2, 0.25) is 5.91 Å². The summed E-state index contributed by atoms with van der Waals surface area (Å²) in [6.45, 7) is 1.71. The van der Waals surface area contributed by atoms with E-state index < -0.39 is 11.2 Å². The van der Waals surface area contributed by atoms with Gasteiger partial charge in [-0.15, -0.1) is 0 Å². The third-order valence-electron chi connectivity index (χ3n) is 2.31. The number of nitrogens with zero attached hydrogens (tertiary/aromatic N) is 1. The molecule has 0 N–H and O–H groups in total. The second kappa shape index (κ2) is 7.15. The first kappa shape index (κ1) is 14.7. The van der Waals surface area contributed by atoms with E-state index >= 15 is 0 Å². The summed E-state index contributed by atoms with van der Waals surface area (Å²) in [6.07, 6.45) is 0.234. The maximum Gasteiger partial charge on any atom is 0.306 e. The molecule has 0 aromatic rings. The number of thioether (sulfide) groups is 1. The zero-order valence-corrected chi connectivity index (χ0v) is 11.0. The van der Waals surface area contributed by atoms with Gasteiger partial charge in [0.15, 0.2) is 5.78 Å². The quantitative estimate of drug-likeness (QED) is 0.671. The number of carbonyl (C=O) groups is 4. The fourth-order valence-corrected chi connectivity index (χ4v) is 2.20. The van der Waals surface area contributed by atoms with Crippen LogP contribution in [0.5, 0.6) is 0 Å². The van der Waals surface area contributed by atoms with E-state index in [1.54, 1.807) is 6.92 Å². The number of hydrogen-bond acceptors (Lipinski definition) is 6. The number of ketones is 1. The number of rotatable bonds is 6. The van der Waals surface area contributed by atoms with Gasteiger partial charge in [-0.1, -0.05) is 11.8 Å². The van der Waals surface area contributed by atoms with E-state index in [2.05, 4.69) is 4.74 Å². The van der Waals surface area contributed by atoms with Crippen molar-refractivity contribution in [3.8, 4) is 0 Å². The molecule has 1 saturated heterocycles. The van der Waals surface area contributed by atoms with Crippen LogP contribution in [0.3, 0.4) is 0 Å². The van der Waals surface area contributed by atoms with Crippen molar-refractivity contribution in [3.63, 3.8) is 0 Å². The first-order valence-corrected chi connectivity index (χ1v) is 6.67. The molecule has 0 atom stereocenters.